The van der Waals surface area contributed by atoms with Gasteiger partial charge in [-0.25, -0.2) is 4.98 Å². The van der Waals surface area contributed by atoms with Crippen LogP contribution >= 0.6 is 23.2 Å². The highest BCUT2D eigenvalue weighted by atomic mass is 35.5. The molecule has 0 aliphatic heterocycles. The van der Waals surface area contributed by atoms with E-state index in [0.29, 0.717) is 42.3 Å². The van der Waals surface area contributed by atoms with Crippen molar-refractivity contribution in [3.8, 4) is 5.88 Å². The SMILES string of the molecule is Cc1c([N+](=O)[O-])c(OCCCCN(C)c2nc(Cl)ncc2Cl)nn1C1CC(O)C1. The zero-order valence-electron chi connectivity index (χ0n) is 16.1. The first-order valence-corrected chi connectivity index (χ1v) is 9.97. The largest absolute Gasteiger partial charge is 0.472 e. The number of ether oxygens (including phenoxy) is 1. The maximum Gasteiger partial charge on any atom is 0.352 e. The van der Waals surface area contributed by atoms with Gasteiger partial charge in [-0.15, -0.1) is 5.10 Å². The molecule has 2 heterocycles. The molecule has 0 unspecified atom stereocenters. The summed E-state index contributed by atoms with van der Waals surface area (Å²) < 4.78 is 7.20. The van der Waals surface area contributed by atoms with Crippen molar-refractivity contribution < 1.29 is 14.8 Å². The van der Waals surface area contributed by atoms with Crippen LogP contribution in [0.15, 0.2) is 6.20 Å². The third-order valence-corrected chi connectivity index (χ3v) is 5.34. The van der Waals surface area contributed by atoms with Gasteiger partial charge in [0.15, 0.2) is 5.82 Å². The van der Waals surface area contributed by atoms with Gasteiger partial charge < -0.3 is 14.7 Å². The highest BCUT2D eigenvalue weighted by Gasteiger charge is 2.35. The Morgan fingerprint density at radius 1 is 1.41 bits per heavy atom. The van der Waals surface area contributed by atoms with E-state index in [1.54, 1.807) is 11.6 Å². The number of aromatic nitrogens is 4. The smallest absolute Gasteiger partial charge is 0.352 e. The number of anilines is 1. The number of rotatable bonds is 9. The normalized spacial score (nSPS) is 18.4. The molecule has 1 aliphatic rings. The fourth-order valence-corrected chi connectivity index (χ4v) is 3.60. The Kier molecular flexibility index (Phi) is 6.76. The van der Waals surface area contributed by atoms with Gasteiger partial charge in [0.05, 0.1) is 29.9 Å². The molecule has 2 aromatic heterocycles. The minimum Gasteiger partial charge on any atom is -0.472 e. The molecule has 0 atom stereocenters. The molecule has 0 saturated heterocycles. The molecule has 29 heavy (non-hydrogen) atoms. The van der Waals surface area contributed by atoms with Crippen molar-refractivity contribution in [2.24, 2.45) is 0 Å². The van der Waals surface area contributed by atoms with Crippen LogP contribution in [-0.2, 0) is 0 Å². The molecule has 1 aliphatic carbocycles. The number of nitrogens with zero attached hydrogens (tertiary/aromatic N) is 6. The van der Waals surface area contributed by atoms with Gasteiger partial charge in [-0.3, -0.25) is 14.8 Å². The molecule has 3 rings (SSSR count). The van der Waals surface area contributed by atoms with Gasteiger partial charge in [0.2, 0.25) is 5.28 Å². The highest BCUT2D eigenvalue weighted by molar-refractivity contribution is 6.33. The second kappa shape index (κ2) is 9.10. The summed E-state index contributed by atoms with van der Waals surface area (Å²) in [4.78, 5) is 20.7. The maximum atomic E-state index is 11.4. The predicted octanol–water partition coefficient (Wildman–Crippen LogP) is 3.19. The van der Waals surface area contributed by atoms with Crippen molar-refractivity contribution >= 4 is 34.7 Å². The summed E-state index contributed by atoms with van der Waals surface area (Å²) in [5.74, 6) is 0.563. The average Bonchev–Trinajstić information content (AvgIpc) is 2.96. The second-order valence-electron chi connectivity index (χ2n) is 7.01. The number of unbranched alkanes of at least 4 members (excludes halogenated alkanes) is 1. The van der Waals surface area contributed by atoms with Crippen LogP contribution in [-0.4, -0.2) is 56.1 Å². The van der Waals surface area contributed by atoms with Crippen molar-refractivity contribution in [1.82, 2.24) is 19.7 Å². The van der Waals surface area contributed by atoms with Crippen LogP contribution in [0.2, 0.25) is 10.3 Å². The molecule has 158 valence electrons. The first kappa shape index (κ1) is 21.5. The van der Waals surface area contributed by atoms with E-state index in [1.807, 2.05) is 11.9 Å². The fraction of sp³-hybridized carbons (Fsp3) is 0.588. The van der Waals surface area contributed by atoms with Gasteiger partial charge in [-0.2, -0.15) is 4.98 Å². The van der Waals surface area contributed by atoms with Crippen LogP contribution in [0, 0.1) is 17.0 Å². The van der Waals surface area contributed by atoms with E-state index in [2.05, 4.69) is 15.1 Å². The van der Waals surface area contributed by atoms with E-state index < -0.39 is 4.92 Å². The third-order valence-electron chi connectivity index (χ3n) is 4.89. The first-order valence-electron chi connectivity index (χ1n) is 9.21. The lowest BCUT2D eigenvalue weighted by Gasteiger charge is -2.31. The van der Waals surface area contributed by atoms with E-state index in [0.717, 1.165) is 6.42 Å². The van der Waals surface area contributed by atoms with Gasteiger partial charge in [-0.1, -0.05) is 11.6 Å². The molecule has 0 bridgehead atoms. The molecule has 0 aromatic carbocycles. The van der Waals surface area contributed by atoms with Crippen molar-refractivity contribution in [2.75, 3.05) is 25.1 Å². The number of hydrogen-bond acceptors (Lipinski definition) is 8. The van der Waals surface area contributed by atoms with E-state index in [9.17, 15) is 15.2 Å². The van der Waals surface area contributed by atoms with E-state index in [-0.39, 0.29) is 35.6 Å². The molecule has 0 radical (unpaired) electrons. The van der Waals surface area contributed by atoms with Gasteiger partial charge in [0.1, 0.15) is 10.7 Å². The number of hydrogen-bond donors (Lipinski definition) is 1. The lowest BCUT2D eigenvalue weighted by atomic mass is 9.89. The molecule has 1 N–H and O–H groups in total. The summed E-state index contributed by atoms with van der Waals surface area (Å²) in [7, 11) is 1.84. The zero-order valence-corrected chi connectivity index (χ0v) is 17.6. The lowest BCUT2D eigenvalue weighted by Crippen LogP contribution is -2.32. The van der Waals surface area contributed by atoms with Crippen LogP contribution in [0.3, 0.4) is 0 Å². The quantitative estimate of drug-likeness (QED) is 0.271. The van der Waals surface area contributed by atoms with Crippen molar-refractivity contribution in [2.45, 2.75) is 44.8 Å². The Bertz CT molecular complexity index is 887. The Labute approximate surface area is 177 Å². The molecule has 12 heteroatoms. The van der Waals surface area contributed by atoms with Crippen molar-refractivity contribution in [3.63, 3.8) is 0 Å². The first-order chi connectivity index (χ1) is 13.8. The third kappa shape index (κ3) is 4.88. The summed E-state index contributed by atoms with van der Waals surface area (Å²) in [5, 5.41) is 25.7. The average molecular weight is 445 g/mol. The monoisotopic (exact) mass is 444 g/mol. The minimum absolute atomic E-state index is 0.0212. The Morgan fingerprint density at radius 2 is 2.14 bits per heavy atom. The Hall–Kier alpha value is -2.17. The van der Waals surface area contributed by atoms with Crippen LogP contribution in [0.4, 0.5) is 11.5 Å². The summed E-state index contributed by atoms with van der Waals surface area (Å²) in [6, 6.07) is -0.0286. The van der Waals surface area contributed by atoms with Gasteiger partial charge in [0, 0.05) is 13.6 Å². The molecule has 1 saturated carbocycles. The van der Waals surface area contributed by atoms with Crippen LogP contribution in [0.25, 0.3) is 0 Å². The maximum absolute atomic E-state index is 11.4. The fourth-order valence-electron chi connectivity index (χ4n) is 3.24. The van der Waals surface area contributed by atoms with Gasteiger partial charge >= 0.3 is 11.6 Å². The highest BCUT2D eigenvalue weighted by Crippen LogP contribution is 2.38. The molecule has 2 aromatic rings. The topological polar surface area (TPSA) is 119 Å². The minimum atomic E-state index is -0.474. The molecule has 10 nitrogen and oxygen atoms in total. The van der Waals surface area contributed by atoms with Crippen molar-refractivity contribution in [1.29, 1.82) is 0 Å². The van der Waals surface area contributed by atoms with Crippen LogP contribution < -0.4 is 9.64 Å². The second-order valence-corrected chi connectivity index (χ2v) is 7.75. The Balaban J connectivity index is 1.53. The number of halogens is 2. The molecular weight excluding hydrogens is 423 g/mol. The van der Waals surface area contributed by atoms with Gasteiger partial charge in [0.25, 0.3) is 0 Å². The molecule has 1 fully saturated rings. The van der Waals surface area contributed by atoms with E-state index in [4.69, 9.17) is 27.9 Å². The summed E-state index contributed by atoms with van der Waals surface area (Å²) >= 11 is 11.9. The zero-order chi connectivity index (χ0) is 21.1. The molecular formula is C17H22Cl2N6O4. The number of aliphatic hydroxyl groups is 1. The standard InChI is InChI=1S/C17H22Cl2N6O4/c1-10-14(25(27)28)16(22-24(10)11-7-12(26)8-11)29-6-4-3-5-23(2)15-13(18)9-20-17(19)21-15/h9,11-12,26H,3-8H2,1-2H3. The van der Waals surface area contributed by atoms with Crippen LogP contribution in [0.1, 0.15) is 37.4 Å². The summed E-state index contributed by atoms with van der Waals surface area (Å²) in [6.07, 6.45) is 3.57. The molecule has 0 spiro atoms. The number of aliphatic hydroxyl groups excluding tert-OH is 1. The van der Waals surface area contributed by atoms with Gasteiger partial charge in [-0.05, 0) is 44.2 Å². The van der Waals surface area contributed by atoms with Crippen molar-refractivity contribution in [3.05, 3.63) is 32.3 Å². The summed E-state index contributed by atoms with van der Waals surface area (Å²) in [5.41, 5.74) is 0.322. The Morgan fingerprint density at radius 3 is 2.79 bits per heavy atom. The van der Waals surface area contributed by atoms with E-state index >= 15 is 0 Å². The number of nitro groups is 1. The van der Waals surface area contributed by atoms with Crippen LogP contribution in [0.5, 0.6) is 5.88 Å². The predicted molar refractivity (Wildman–Crippen MR) is 108 cm³/mol. The van der Waals surface area contributed by atoms with E-state index in [1.165, 1.54) is 6.20 Å². The lowest BCUT2D eigenvalue weighted by molar-refractivity contribution is -0.386. The summed E-state index contributed by atoms with van der Waals surface area (Å²) in [6.45, 7) is 2.58. The molecule has 0 amide bonds.